The van der Waals surface area contributed by atoms with Gasteiger partial charge in [-0.3, -0.25) is 0 Å². The fourth-order valence-corrected chi connectivity index (χ4v) is 6.40. The number of nitrogens with one attached hydrogen (secondary N) is 2. The lowest BCUT2D eigenvalue weighted by molar-refractivity contribution is 0.259. The molecule has 0 bridgehead atoms. The minimum absolute atomic E-state index is 0.190. The van der Waals surface area contributed by atoms with E-state index >= 15 is 0 Å². The molecule has 110 valence electrons. The third-order valence-electron chi connectivity index (χ3n) is 5.22. The van der Waals surface area contributed by atoms with Crippen LogP contribution in [0.15, 0.2) is 0 Å². The number of rotatable bonds is 3. The van der Waals surface area contributed by atoms with Gasteiger partial charge in [-0.15, -0.1) is 0 Å². The summed E-state index contributed by atoms with van der Waals surface area (Å²) in [4.78, 5) is 0. The molecule has 2 heterocycles. The molecule has 3 aliphatic rings. The molecule has 0 spiro atoms. The van der Waals surface area contributed by atoms with Gasteiger partial charge < -0.3 is 10.6 Å². The second-order valence-electron chi connectivity index (χ2n) is 6.95. The molecule has 3 fully saturated rings. The van der Waals surface area contributed by atoms with Crippen molar-refractivity contribution >= 4 is 9.84 Å². The van der Waals surface area contributed by atoms with Gasteiger partial charge in [0.1, 0.15) is 0 Å². The van der Waals surface area contributed by atoms with Crippen LogP contribution in [0.2, 0.25) is 0 Å². The topological polar surface area (TPSA) is 58.2 Å². The van der Waals surface area contributed by atoms with Crippen LogP contribution in [0.4, 0.5) is 0 Å². The third kappa shape index (κ3) is 2.98. The zero-order chi connectivity index (χ0) is 13.5. The summed E-state index contributed by atoms with van der Waals surface area (Å²) in [6.45, 7) is 3.24. The van der Waals surface area contributed by atoms with Gasteiger partial charge in [-0.05, 0) is 51.5 Å². The molecule has 4 nitrogen and oxygen atoms in total. The quantitative estimate of drug-likeness (QED) is 0.815. The Labute approximate surface area is 116 Å². The lowest BCUT2D eigenvalue weighted by Gasteiger charge is -2.34. The van der Waals surface area contributed by atoms with Crippen LogP contribution in [0.5, 0.6) is 0 Å². The van der Waals surface area contributed by atoms with Crippen molar-refractivity contribution in [2.24, 2.45) is 5.92 Å². The first-order chi connectivity index (χ1) is 8.98. The smallest absolute Gasteiger partial charge is 0.152 e. The predicted molar refractivity (Wildman–Crippen MR) is 77.0 cm³/mol. The monoisotopic (exact) mass is 286 g/mol. The van der Waals surface area contributed by atoms with Gasteiger partial charge in [0.05, 0.1) is 11.5 Å². The number of hydrogen-bond acceptors (Lipinski definition) is 4. The minimum Gasteiger partial charge on any atom is -0.314 e. The molecule has 3 rings (SSSR count). The molecule has 1 saturated carbocycles. The van der Waals surface area contributed by atoms with E-state index in [0.717, 1.165) is 13.0 Å². The average molecular weight is 286 g/mol. The standard InChI is InChI=1S/C14H26N2O2S/c1-14(7-9-19(17,18)10-14)16-13-5-2-4-11(13)12-6-3-8-15-12/h11-13,15-16H,2-10H2,1H3. The SMILES string of the molecule is CC1(NC2CCCC2C2CCCN2)CCS(=O)(=O)C1. The van der Waals surface area contributed by atoms with E-state index in [1.54, 1.807) is 0 Å². The summed E-state index contributed by atoms with van der Waals surface area (Å²) >= 11 is 0. The lowest BCUT2D eigenvalue weighted by atomic mass is 9.90. The van der Waals surface area contributed by atoms with E-state index in [-0.39, 0.29) is 5.54 Å². The van der Waals surface area contributed by atoms with E-state index in [0.29, 0.717) is 29.5 Å². The van der Waals surface area contributed by atoms with Crippen LogP contribution in [0.25, 0.3) is 0 Å². The Morgan fingerprint density at radius 1 is 1.21 bits per heavy atom. The molecule has 5 heteroatoms. The van der Waals surface area contributed by atoms with E-state index < -0.39 is 9.84 Å². The maximum Gasteiger partial charge on any atom is 0.152 e. The Kier molecular flexibility index (Phi) is 3.65. The molecule has 1 aliphatic carbocycles. The largest absolute Gasteiger partial charge is 0.314 e. The van der Waals surface area contributed by atoms with Crippen LogP contribution in [-0.4, -0.2) is 44.1 Å². The second kappa shape index (κ2) is 5.01. The van der Waals surface area contributed by atoms with Crippen LogP contribution in [0.3, 0.4) is 0 Å². The first kappa shape index (κ1) is 13.8. The van der Waals surface area contributed by atoms with Crippen LogP contribution < -0.4 is 10.6 Å². The molecule has 0 amide bonds. The van der Waals surface area contributed by atoms with Crippen molar-refractivity contribution in [3.8, 4) is 0 Å². The van der Waals surface area contributed by atoms with E-state index in [9.17, 15) is 8.42 Å². The van der Waals surface area contributed by atoms with Gasteiger partial charge in [0.25, 0.3) is 0 Å². The molecule has 2 N–H and O–H groups in total. The van der Waals surface area contributed by atoms with Crippen LogP contribution in [0, 0.1) is 5.92 Å². The van der Waals surface area contributed by atoms with Crippen molar-refractivity contribution in [2.75, 3.05) is 18.1 Å². The van der Waals surface area contributed by atoms with E-state index in [2.05, 4.69) is 17.6 Å². The maximum absolute atomic E-state index is 11.7. The Hall–Kier alpha value is -0.130. The lowest BCUT2D eigenvalue weighted by Crippen LogP contribution is -2.53. The normalized spacial score (nSPS) is 45.8. The summed E-state index contributed by atoms with van der Waals surface area (Å²) in [5, 5.41) is 7.34. The summed E-state index contributed by atoms with van der Waals surface area (Å²) in [7, 11) is -2.81. The molecule has 0 aromatic rings. The predicted octanol–water partition coefficient (Wildman–Crippen LogP) is 1.07. The summed E-state index contributed by atoms with van der Waals surface area (Å²) in [6, 6.07) is 1.16. The van der Waals surface area contributed by atoms with E-state index in [1.807, 2.05) is 0 Å². The zero-order valence-electron chi connectivity index (χ0n) is 11.8. The van der Waals surface area contributed by atoms with Gasteiger partial charge in [-0.1, -0.05) is 6.42 Å². The second-order valence-corrected chi connectivity index (χ2v) is 9.14. The molecular weight excluding hydrogens is 260 g/mol. The van der Waals surface area contributed by atoms with Crippen molar-refractivity contribution < 1.29 is 8.42 Å². The highest BCUT2D eigenvalue weighted by atomic mass is 32.2. The Morgan fingerprint density at radius 3 is 2.68 bits per heavy atom. The van der Waals surface area contributed by atoms with Crippen molar-refractivity contribution in [3.05, 3.63) is 0 Å². The van der Waals surface area contributed by atoms with Crippen molar-refractivity contribution in [1.82, 2.24) is 10.6 Å². The highest BCUT2D eigenvalue weighted by molar-refractivity contribution is 7.91. The molecule has 2 aliphatic heterocycles. The van der Waals surface area contributed by atoms with E-state index in [4.69, 9.17) is 0 Å². The summed E-state index contributed by atoms with van der Waals surface area (Å²) in [6.07, 6.45) is 7.13. The summed E-state index contributed by atoms with van der Waals surface area (Å²) in [5.41, 5.74) is -0.190. The van der Waals surface area contributed by atoms with Gasteiger partial charge >= 0.3 is 0 Å². The first-order valence-corrected chi connectivity index (χ1v) is 9.51. The fraction of sp³-hybridized carbons (Fsp3) is 1.00. The Bertz CT molecular complexity index is 431. The highest BCUT2D eigenvalue weighted by Gasteiger charge is 2.43. The zero-order valence-corrected chi connectivity index (χ0v) is 12.6. The molecule has 2 saturated heterocycles. The number of hydrogen-bond donors (Lipinski definition) is 2. The molecule has 19 heavy (non-hydrogen) atoms. The maximum atomic E-state index is 11.7. The molecular formula is C14H26N2O2S. The van der Waals surface area contributed by atoms with Crippen LogP contribution in [0.1, 0.15) is 45.4 Å². The first-order valence-electron chi connectivity index (χ1n) is 7.69. The van der Waals surface area contributed by atoms with Crippen molar-refractivity contribution in [1.29, 1.82) is 0 Å². The van der Waals surface area contributed by atoms with Crippen LogP contribution in [-0.2, 0) is 9.84 Å². The molecule has 4 atom stereocenters. The van der Waals surface area contributed by atoms with Gasteiger partial charge in [0.2, 0.25) is 0 Å². The van der Waals surface area contributed by atoms with Gasteiger partial charge in [0, 0.05) is 17.6 Å². The Balaban J connectivity index is 1.65. The molecule has 4 unspecified atom stereocenters. The van der Waals surface area contributed by atoms with E-state index in [1.165, 1.54) is 32.1 Å². The third-order valence-corrected chi connectivity index (χ3v) is 7.12. The van der Waals surface area contributed by atoms with Gasteiger partial charge in [-0.2, -0.15) is 0 Å². The highest BCUT2D eigenvalue weighted by Crippen LogP contribution is 2.34. The van der Waals surface area contributed by atoms with Crippen molar-refractivity contribution in [2.45, 2.75) is 63.1 Å². The van der Waals surface area contributed by atoms with Gasteiger partial charge in [-0.25, -0.2) is 8.42 Å². The van der Waals surface area contributed by atoms with Crippen LogP contribution >= 0.6 is 0 Å². The molecule has 0 radical (unpaired) electrons. The fourth-order valence-electron chi connectivity index (χ4n) is 4.30. The molecule has 0 aromatic carbocycles. The Morgan fingerprint density at radius 2 is 2.05 bits per heavy atom. The van der Waals surface area contributed by atoms with Gasteiger partial charge in [0.15, 0.2) is 9.84 Å². The van der Waals surface area contributed by atoms with Crippen molar-refractivity contribution in [3.63, 3.8) is 0 Å². The average Bonchev–Trinajstić information content (AvgIpc) is 2.99. The number of sulfone groups is 1. The summed E-state index contributed by atoms with van der Waals surface area (Å²) < 4.78 is 23.4. The summed E-state index contributed by atoms with van der Waals surface area (Å²) in [5.74, 6) is 1.37. The minimum atomic E-state index is -2.81. The molecule has 0 aromatic heterocycles.